The van der Waals surface area contributed by atoms with E-state index in [1.165, 1.54) is 31.2 Å². The van der Waals surface area contributed by atoms with E-state index in [1.54, 1.807) is 0 Å². The van der Waals surface area contributed by atoms with E-state index in [2.05, 4.69) is 37.4 Å². The van der Waals surface area contributed by atoms with Crippen LogP contribution in [0.3, 0.4) is 0 Å². The van der Waals surface area contributed by atoms with Crippen LogP contribution < -0.4 is 5.43 Å². The summed E-state index contributed by atoms with van der Waals surface area (Å²) >= 11 is 3.38. The maximum Gasteiger partial charge on any atom is 0.106 e. The van der Waals surface area contributed by atoms with Crippen molar-refractivity contribution in [2.75, 3.05) is 13.6 Å². The zero-order valence-electron chi connectivity index (χ0n) is 9.62. The van der Waals surface area contributed by atoms with Gasteiger partial charge in [0.1, 0.15) is 4.60 Å². The molecule has 1 aliphatic heterocycles. The number of hydrogen-bond acceptors (Lipinski definition) is 3. The summed E-state index contributed by atoms with van der Waals surface area (Å²) in [5.74, 6) is 0. The molecule has 0 aromatic carbocycles. The highest BCUT2D eigenvalue weighted by Gasteiger charge is 2.21. The topological polar surface area (TPSA) is 28.2 Å². The van der Waals surface area contributed by atoms with E-state index in [1.807, 2.05) is 19.3 Å². The first-order valence-corrected chi connectivity index (χ1v) is 6.66. The van der Waals surface area contributed by atoms with Gasteiger partial charge in [0.05, 0.1) is 6.04 Å². The standard InChI is InChI=1S/C12H18BrN3/c1-14-16-8-4-2-3-5-11(16)10-6-7-12(13)15-9-10/h6-7,9,11,14H,2-5,8H2,1H3/t11-/m0/s1. The largest absolute Gasteiger partial charge is 0.258 e. The average molecular weight is 284 g/mol. The quantitative estimate of drug-likeness (QED) is 0.846. The summed E-state index contributed by atoms with van der Waals surface area (Å²) in [4.78, 5) is 4.32. The first-order chi connectivity index (χ1) is 7.81. The van der Waals surface area contributed by atoms with Crippen molar-refractivity contribution in [1.82, 2.24) is 15.4 Å². The molecule has 0 saturated carbocycles. The molecule has 1 atom stereocenters. The maximum atomic E-state index is 4.32. The molecule has 1 aromatic rings. The average Bonchev–Trinajstić information content (AvgIpc) is 2.55. The molecule has 2 heterocycles. The van der Waals surface area contributed by atoms with Crippen LogP contribution >= 0.6 is 15.9 Å². The van der Waals surface area contributed by atoms with Gasteiger partial charge >= 0.3 is 0 Å². The lowest BCUT2D eigenvalue weighted by Crippen LogP contribution is -2.38. The van der Waals surface area contributed by atoms with E-state index in [0.717, 1.165) is 11.1 Å². The van der Waals surface area contributed by atoms with Gasteiger partial charge in [-0.05, 0) is 47.4 Å². The molecule has 16 heavy (non-hydrogen) atoms. The van der Waals surface area contributed by atoms with Crippen LogP contribution in [0.15, 0.2) is 22.9 Å². The molecule has 1 aromatic heterocycles. The Bertz CT molecular complexity index is 326. The van der Waals surface area contributed by atoms with Crippen molar-refractivity contribution < 1.29 is 0 Å². The van der Waals surface area contributed by atoms with Gasteiger partial charge in [-0.3, -0.25) is 5.43 Å². The third-order valence-corrected chi connectivity index (χ3v) is 3.64. The summed E-state index contributed by atoms with van der Waals surface area (Å²) in [5, 5.41) is 2.33. The summed E-state index contributed by atoms with van der Waals surface area (Å²) in [6, 6.07) is 4.65. The van der Waals surface area contributed by atoms with Crippen LogP contribution in [-0.4, -0.2) is 23.6 Å². The molecule has 88 valence electrons. The van der Waals surface area contributed by atoms with E-state index < -0.39 is 0 Å². The second kappa shape index (κ2) is 5.75. The number of nitrogens with zero attached hydrogens (tertiary/aromatic N) is 2. The third kappa shape index (κ3) is 2.81. The van der Waals surface area contributed by atoms with Crippen LogP contribution in [0.2, 0.25) is 0 Å². The highest BCUT2D eigenvalue weighted by Crippen LogP contribution is 2.28. The molecule has 2 rings (SSSR count). The van der Waals surface area contributed by atoms with E-state index in [0.29, 0.717) is 6.04 Å². The second-order valence-corrected chi connectivity index (χ2v) is 5.01. The van der Waals surface area contributed by atoms with Crippen LogP contribution in [0.1, 0.15) is 37.3 Å². The maximum absolute atomic E-state index is 4.32. The van der Waals surface area contributed by atoms with Crippen molar-refractivity contribution in [2.24, 2.45) is 0 Å². The Morgan fingerprint density at radius 1 is 1.38 bits per heavy atom. The number of hydrogen-bond donors (Lipinski definition) is 1. The molecule has 1 fully saturated rings. The predicted octanol–water partition coefficient (Wildman–Crippen LogP) is 2.90. The molecule has 1 saturated heterocycles. The molecular weight excluding hydrogens is 266 g/mol. The molecule has 0 bridgehead atoms. The lowest BCUT2D eigenvalue weighted by atomic mass is 10.0. The molecule has 0 radical (unpaired) electrons. The predicted molar refractivity (Wildman–Crippen MR) is 68.9 cm³/mol. The lowest BCUT2D eigenvalue weighted by molar-refractivity contribution is 0.142. The van der Waals surface area contributed by atoms with Gasteiger partial charge < -0.3 is 0 Å². The minimum atomic E-state index is 0.466. The van der Waals surface area contributed by atoms with Gasteiger partial charge in [-0.25, -0.2) is 9.99 Å². The van der Waals surface area contributed by atoms with Gasteiger partial charge in [0, 0.05) is 12.7 Å². The fourth-order valence-corrected chi connectivity index (χ4v) is 2.54. The zero-order valence-corrected chi connectivity index (χ0v) is 11.2. The number of nitrogens with one attached hydrogen (secondary N) is 1. The van der Waals surface area contributed by atoms with Crippen molar-refractivity contribution in [3.05, 3.63) is 28.5 Å². The zero-order chi connectivity index (χ0) is 11.4. The number of aromatic nitrogens is 1. The first-order valence-electron chi connectivity index (χ1n) is 5.87. The van der Waals surface area contributed by atoms with Gasteiger partial charge in [0.2, 0.25) is 0 Å². The van der Waals surface area contributed by atoms with Crippen molar-refractivity contribution in [3.63, 3.8) is 0 Å². The Hall–Kier alpha value is -0.450. The van der Waals surface area contributed by atoms with Crippen LogP contribution in [0.25, 0.3) is 0 Å². The smallest absolute Gasteiger partial charge is 0.106 e. The van der Waals surface area contributed by atoms with Gasteiger partial charge in [0.15, 0.2) is 0 Å². The third-order valence-electron chi connectivity index (χ3n) is 3.18. The summed E-state index contributed by atoms with van der Waals surface area (Å²) < 4.78 is 0.904. The minimum Gasteiger partial charge on any atom is -0.258 e. The minimum absolute atomic E-state index is 0.466. The Labute approximate surface area is 105 Å². The van der Waals surface area contributed by atoms with Gasteiger partial charge in [-0.15, -0.1) is 0 Å². The summed E-state index contributed by atoms with van der Waals surface area (Å²) in [7, 11) is 2.00. The van der Waals surface area contributed by atoms with Crippen molar-refractivity contribution in [3.8, 4) is 0 Å². The highest BCUT2D eigenvalue weighted by molar-refractivity contribution is 9.10. The number of halogens is 1. The molecule has 0 unspecified atom stereocenters. The molecule has 4 heteroatoms. The van der Waals surface area contributed by atoms with E-state index in [4.69, 9.17) is 0 Å². The first kappa shape index (κ1) is 12.0. The Morgan fingerprint density at radius 2 is 2.25 bits per heavy atom. The van der Waals surface area contributed by atoms with Crippen molar-refractivity contribution >= 4 is 15.9 Å². The summed E-state index contributed by atoms with van der Waals surface area (Å²) in [5.41, 5.74) is 4.61. The van der Waals surface area contributed by atoms with Crippen LogP contribution in [-0.2, 0) is 0 Å². The summed E-state index contributed by atoms with van der Waals surface area (Å²) in [6.45, 7) is 1.12. The number of pyridine rings is 1. The van der Waals surface area contributed by atoms with Crippen LogP contribution in [0.4, 0.5) is 0 Å². The summed E-state index contributed by atoms with van der Waals surface area (Å²) in [6.07, 6.45) is 7.10. The fraction of sp³-hybridized carbons (Fsp3) is 0.583. The Balaban J connectivity index is 2.18. The molecule has 1 aliphatic rings. The SMILES string of the molecule is CNN1CCCCC[C@H]1c1ccc(Br)nc1. The van der Waals surface area contributed by atoms with Crippen molar-refractivity contribution in [1.29, 1.82) is 0 Å². The lowest BCUT2D eigenvalue weighted by Gasteiger charge is -2.29. The van der Waals surface area contributed by atoms with E-state index in [9.17, 15) is 0 Å². The monoisotopic (exact) mass is 283 g/mol. The van der Waals surface area contributed by atoms with Gasteiger partial charge in [0.25, 0.3) is 0 Å². The molecular formula is C12H18BrN3. The fourth-order valence-electron chi connectivity index (χ4n) is 2.31. The molecule has 0 amide bonds. The van der Waals surface area contributed by atoms with E-state index in [-0.39, 0.29) is 0 Å². The van der Waals surface area contributed by atoms with E-state index >= 15 is 0 Å². The highest BCUT2D eigenvalue weighted by atomic mass is 79.9. The molecule has 1 N–H and O–H groups in total. The van der Waals surface area contributed by atoms with Gasteiger partial charge in [-0.1, -0.05) is 18.9 Å². The number of rotatable bonds is 2. The second-order valence-electron chi connectivity index (χ2n) is 4.20. The Kier molecular flexibility index (Phi) is 4.32. The molecule has 0 spiro atoms. The molecule has 0 aliphatic carbocycles. The number of hydrazine groups is 1. The van der Waals surface area contributed by atoms with Crippen LogP contribution in [0.5, 0.6) is 0 Å². The Morgan fingerprint density at radius 3 is 2.94 bits per heavy atom. The van der Waals surface area contributed by atoms with Crippen molar-refractivity contribution in [2.45, 2.75) is 31.7 Å². The van der Waals surface area contributed by atoms with Gasteiger partial charge in [-0.2, -0.15) is 0 Å². The normalized spacial score (nSPS) is 23.0. The molecule has 3 nitrogen and oxygen atoms in total. The van der Waals surface area contributed by atoms with Crippen LogP contribution in [0, 0.1) is 0 Å².